The number of ether oxygens (including phenoxy) is 1. The van der Waals surface area contributed by atoms with Gasteiger partial charge in [0.1, 0.15) is 0 Å². The van der Waals surface area contributed by atoms with Crippen LogP contribution >= 0.6 is 0 Å². The second kappa shape index (κ2) is 7.20. The van der Waals surface area contributed by atoms with Gasteiger partial charge in [0.15, 0.2) is 0 Å². The van der Waals surface area contributed by atoms with Crippen molar-refractivity contribution in [2.45, 2.75) is 33.3 Å². The summed E-state index contributed by atoms with van der Waals surface area (Å²) in [6.45, 7) is 14.5. The monoisotopic (exact) mass is 214 g/mol. The van der Waals surface area contributed by atoms with Gasteiger partial charge in [-0.05, 0) is 26.8 Å². The van der Waals surface area contributed by atoms with Crippen molar-refractivity contribution in [3.8, 4) is 0 Å². The lowest BCUT2D eigenvalue weighted by Gasteiger charge is -2.35. The lowest BCUT2D eigenvalue weighted by Crippen LogP contribution is -2.48. The normalized spacial score (nSPS) is 21.8. The summed E-state index contributed by atoms with van der Waals surface area (Å²) in [6, 6.07) is 0. The molecule has 1 fully saturated rings. The van der Waals surface area contributed by atoms with Gasteiger partial charge in [-0.3, -0.25) is 4.90 Å². The van der Waals surface area contributed by atoms with Gasteiger partial charge in [0.25, 0.3) is 0 Å². The predicted octanol–water partition coefficient (Wildman–Crippen LogP) is 1.44. The Bertz CT molecular complexity index is 156. The highest BCUT2D eigenvalue weighted by Crippen LogP contribution is 2.04. The Labute approximate surface area is 94.4 Å². The Morgan fingerprint density at radius 3 is 2.20 bits per heavy atom. The van der Waals surface area contributed by atoms with E-state index >= 15 is 0 Å². The van der Waals surface area contributed by atoms with E-state index in [2.05, 4.69) is 30.6 Å². The lowest BCUT2D eigenvalue weighted by molar-refractivity contribution is 0.0298. The summed E-state index contributed by atoms with van der Waals surface area (Å²) in [4.78, 5) is 5.08. The van der Waals surface area contributed by atoms with Crippen LogP contribution in [0.1, 0.15) is 27.2 Å². The molecule has 1 heterocycles. The molecule has 0 aliphatic carbocycles. The molecule has 3 heteroatoms. The second-order valence-corrected chi connectivity index (χ2v) is 4.41. The van der Waals surface area contributed by atoms with E-state index in [-0.39, 0.29) is 0 Å². The first-order valence-corrected chi connectivity index (χ1v) is 6.32. The maximum absolute atomic E-state index is 5.56. The molecule has 1 unspecified atom stereocenters. The third-order valence-electron chi connectivity index (χ3n) is 2.97. The highest BCUT2D eigenvalue weighted by Gasteiger charge is 2.17. The van der Waals surface area contributed by atoms with Gasteiger partial charge in [-0.1, -0.05) is 6.92 Å². The SMILES string of the molecule is CCCN1CCN(CC(C)OCC)CC1. The van der Waals surface area contributed by atoms with Crippen LogP contribution in [0.3, 0.4) is 0 Å². The summed E-state index contributed by atoms with van der Waals surface area (Å²) in [5, 5.41) is 0. The Morgan fingerprint density at radius 1 is 1.07 bits per heavy atom. The van der Waals surface area contributed by atoms with Crippen LogP contribution in [-0.4, -0.2) is 61.8 Å². The molecule has 0 aromatic rings. The first kappa shape index (κ1) is 12.9. The van der Waals surface area contributed by atoms with Crippen LogP contribution in [0.2, 0.25) is 0 Å². The van der Waals surface area contributed by atoms with Gasteiger partial charge in [0.05, 0.1) is 6.10 Å². The van der Waals surface area contributed by atoms with Gasteiger partial charge >= 0.3 is 0 Å². The van der Waals surface area contributed by atoms with Crippen molar-refractivity contribution in [1.82, 2.24) is 9.80 Å². The number of piperazine rings is 1. The van der Waals surface area contributed by atoms with E-state index in [1.54, 1.807) is 0 Å². The topological polar surface area (TPSA) is 15.7 Å². The van der Waals surface area contributed by atoms with Crippen LogP contribution in [0.4, 0.5) is 0 Å². The Kier molecular flexibility index (Phi) is 6.22. The molecule has 0 aromatic heterocycles. The van der Waals surface area contributed by atoms with Crippen LogP contribution < -0.4 is 0 Å². The van der Waals surface area contributed by atoms with E-state index in [0.29, 0.717) is 6.10 Å². The Morgan fingerprint density at radius 2 is 1.67 bits per heavy atom. The second-order valence-electron chi connectivity index (χ2n) is 4.41. The zero-order valence-corrected chi connectivity index (χ0v) is 10.5. The van der Waals surface area contributed by atoms with Crippen LogP contribution in [0.15, 0.2) is 0 Å². The third-order valence-corrected chi connectivity index (χ3v) is 2.97. The molecule has 15 heavy (non-hydrogen) atoms. The molecule has 1 rings (SSSR count). The maximum Gasteiger partial charge on any atom is 0.0673 e. The molecular formula is C12H26N2O. The molecule has 0 N–H and O–H groups in total. The van der Waals surface area contributed by atoms with E-state index in [4.69, 9.17) is 4.74 Å². The van der Waals surface area contributed by atoms with E-state index in [1.165, 1.54) is 39.1 Å². The quantitative estimate of drug-likeness (QED) is 0.665. The highest BCUT2D eigenvalue weighted by molar-refractivity contribution is 4.73. The Hall–Kier alpha value is -0.120. The molecule has 1 atom stereocenters. The fourth-order valence-corrected chi connectivity index (χ4v) is 2.21. The third kappa shape index (κ3) is 4.96. The molecule has 0 spiro atoms. The van der Waals surface area contributed by atoms with Crippen molar-refractivity contribution >= 4 is 0 Å². The summed E-state index contributed by atoms with van der Waals surface area (Å²) in [7, 11) is 0. The first-order chi connectivity index (χ1) is 7.26. The standard InChI is InChI=1S/C12H26N2O/c1-4-6-13-7-9-14(10-8-13)11-12(3)15-5-2/h12H,4-11H2,1-3H3. The zero-order chi connectivity index (χ0) is 11.1. The molecule has 0 radical (unpaired) electrons. The maximum atomic E-state index is 5.56. The van der Waals surface area contributed by atoms with Gasteiger partial charge in [0.2, 0.25) is 0 Å². The van der Waals surface area contributed by atoms with Gasteiger partial charge in [-0.25, -0.2) is 0 Å². The average Bonchev–Trinajstić information content (AvgIpc) is 2.22. The molecule has 1 aliphatic rings. The molecule has 90 valence electrons. The highest BCUT2D eigenvalue weighted by atomic mass is 16.5. The van der Waals surface area contributed by atoms with E-state index < -0.39 is 0 Å². The van der Waals surface area contributed by atoms with E-state index in [1.807, 2.05) is 0 Å². The van der Waals surface area contributed by atoms with Crippen molar-refractivity contribution in [1.29, 1.82) is 0 Å². The number of nitrogens with zero attached hydrogens (tertiary/aromatic N) is 2. The summed E-state index contributed by atoms with van der Waals surface area (Å²) < 4.78 is 5.56. The van der Waals surface area contributed by atoms with Crippen LogP contribution in [-0.2, 0) is 4.74 Å². The molecule has 3 nitrogen and oxygen atoms in total. The molecular weight excluding hydrogens is 188 g/mol. The van der Waals surface area contributed by atoms with Crippen LogP contribution in [0.25, 0.3) is 0 Å². The Balaban J connectivity index is 2.14. The summed E-state index contributed by atoms with van der Waals surface area (Å²) in [5.41, 5.74) is 0. The minimum atomic E-state index is 0.382. The fourth-order valence-electron chi connectivity index (χ4n) is 2.21. The van der Waals surface area contributed by atoms with Gasteiger partial charge in [-0.15, -0.1) is 0 Å². The molecule has 0 bridgehead atoms. The van der Waals surface area contributed by atoms with Crippen molar-refractivity contribution < 1.29 is 4.74 Å². The van der Waals surface area contributed by atoms with Gasteiger partial charge in [0, 0.05) is 39.3 Å². The van der Waals surface area contributed by atoms with Crippen molar-refractivity contribution in [3.63, 3.8) is 0 Å². The van der Waals surface area contributed by atoms with Crippen LogP contribution in [0.5, 0.6) is 0 Å². The van der Waals surface area contributed by atoms with E-state index in [0.717, 1.165) is 13.2 Å². The van der Waals surface area contributed by atoms with Gasteiger partial charge < -0.3 is 9.64 Å². The molecule has 0 saturated carbocycles. The first-order valence-electron chi connectivity index (χ1n) is 6.32. The summed E-state index contributed by atoms with van der Waals surface area (Å²) in [6.07, 6.45) is 1.66. The molecule has 1 saturated heterocycles. The predicted molar refractivity (Wildman–Crippen MR) is 64.3 cm³/mol. The smallest absolute Gasteiger partial charge is 0.0673 e. The molecule has 0 aromatic carbocycles. The molecule has 0 amide bonds. The average molecular weight is 214 g/mol. The minimum Gasteiger partial charge on any atom is -0.377 e. The largest absolute Gasteiger partial charge is 0.377 e. The summed E-state index contributed by atoms with van der Waals surface area (Å²) in [5.74, 6) is 0. The van der Waals surface area contributed by atoms with Crippen molar-refractivity contribution in [2.75, 3.05) is 45.9 Å². The summed E-state index contributed by atoms with van der Waals surface area (Å²) >= 11 is 0. The van der Waals surface area contributed by atoms with E-state index in [9.17, 15) is 0 Å². The van der Waals surface area contributed by atoms with Gasteiger partial charge in [-0.2, -0.15) is 0 Å². The number of rotatable bonds is 6. The lowest BCUT2D eigenvalue weighted by atomic mass is 10.2. The zero-order valence-electron chi connectivity index (χ0n) is 10.5. The fraction of sp³-hybridized carbons (Fsp3) is 1.00. The van der Waals surface area contributed by atoms with Crippen molar-refractivity contribution in [3.05, 3.63) is 0 Å². The minimum absolute atomic E-state index is 0.382. The van der Waals surface area contributed by atoms with Crippen molar-refractivity contribution in [2.24, 2.45) is 0 Å². The number of hydrogen-bond donors (Lipinski definition) is 0. The number of hydrogen-bond acceptors (Lipinski definition) is 3. The van der Waals surface area contributed by atoms with Crippen LogP contribution in [0, 0.1) is 0 Å². The molecule has 1 aliphatic heterocycles.